The number of halogens is 1. The van der Waals surface area contributed by atoms with Crippen LogP contribution in [0.2, 0.25) is 0 Å². The molecule has 4 aromatic rings. The van der Waals surface area contributed by atoms with E-state index in [-0.39, 0.29) is 11.6 Å². The van der Waals surface area contributed by atoms with Gasteiger partial charge in [0.2, 0.25) is 0 Å². The molecule has 4 rings (SSSR count). The maximum atomic E-state index is 14.1. The first kappa shape index (κ1) is 23.6. The fourth-order valence-electron chi connectivity index (χ4n) is 4.09. The van der Waals surface area contributed by atoms with E-state index in [0.29, 0.717) is 30.9 Å². The van der Waals surface area contributed by atoms with Crippen LogP contribution in [0.1, 0.15) is 40.8 Å². The molecular weight excluding hydrogens is 433 g/mol. The van der Waals surface area contributed by atoms with Crippen molar-refractivity contribution in [2.75, 3.05) is 20.2 Å². The lowest BCUT2D eigenvalue weighted by molar-refractivity contribution is 0.0981. The quantitative estimate of drug-likeness (QED) is 0.358. The Morgan fingerprint density at radius 3 is 2.79 bits per heavy atom. The SMILES string of the molecule is CCC(=O)c1nn(C)c(C)c1CCOc1cc(F)ccc1-c1ccc2ncc(CCNC)n2c1. The second-order valence-corrected chi connectivity index (χ2v) is 8.30. The zero-order chi connectivity index (χ0) is 24.2. The third-order valence-electron chi connectivity index (χ3n) is 6.12. The van der Waals surface area contributed by atoms with Gasteiger partial charge in [-0.2, -0.15) is 5.10 Å². The van der Waals surface area contributed by atoms with E-state index < -0.39 is 0 Å². The number of hydrogen-bond donors (Lipinski definition) is 1. The molecule has 0 fully saturated rings. The smallest absolute Gasteiger partial charge is 0.183 e. The number of carbonyl (C=O) groups excluding carboxylic acids is 1. The summed E-state index contributed by atoms with van der Waals surface area (Å²) in [7, 11) is 3.75. The number of imidazole rings is 1. The minimum Gasteiger partial charge on any atom is -0.492 e. The van der Waals surface area contributed by atoms with Crippen LogP contribution in [0, 0.1) is 12.7 Å². The minimum absolute atomic E-state index is 0.00727. The number of aromatic nitrogens is 4. The molecule has 0 amide bonds. The molecule has 0 aliphatic rings. The number of Topliss-reactive ketones (excluding diaryl/α,β-unsaturated/α-hetero) is 1. The monoisotopic (exact) mass is 463 g/mol. The van der Waals surface area contributed by atoms with Gasteiger partial charge in [0.05, 0.1) is 6.61 Å². The summed E-state index contributed by atoms with van der Waals surface area (Å²) >= 11 is 0. The number of hydrogen-bond acceptors (Lipinski definition) is 5. The number of ketones is 1. The summed E-state index contributed by atoms with van der Waals surface area (Å²) < 4.78 is 24.0. The van der Waals surface area contributed by atoms with Crippen molar-refractivity contribution >= 4 is 11.4 Å². The number of carbonyl (C=O) groups is 1. The van der Waals surface area contributed by atoms with Gasteiger partial charge in [-0.3, -0.25) is 9.48 Å². The molecule has 0 spiro atoms. The number of nitrogens with zero attached hydrogens (tertiary/aromatic N) is 4. The number of rotatable bonds is 10. The molecule has 3 heterocycles. The largest absolute Gasteiger partial charge is 0.492 e. The molecule has 0 aliphatic heterocycles. The number of likely N-dealkylation sites (N-methyl/N-ethyl adjacent to an activating group) is 1. The molecular formula is C26H30FN5O2. The third kappa shape index (κ3) is 4.72. The van der Waals surface area contributed by atoms with Crippen molar-refractivity contribution < 1.29 is 13.9 Å². The maximum Gasteiger partial charge on any atom is 0.183 e. The van der Waals surface area contributed by atoms with Gasteiger partial charge in [-0.05, 0) is 38.2 Å². The number of fused-ring (bicyclic) bond motifs is 1. The molecule has 0 aliphatic carbocycles. The number of aryl methyl sites for hydroxylation is 1. The Morgan fingerprint density at radius 1 is 1.21 bits per heavy atom. The van der Waals surface area contributed by atoms with E-state index in [0.717, 1.165) is 46.7 Å². The molecule has 0 bridgehead atoms. The first-order valence-electron chi connectivity index (χ1n) is 11.5. The van der Waals surface area contributed by atoms with Crippen LogP contribution < -0.4 is 10.1 Å². The lowest BCUT2D eigenvalue weighted by Gasteiger charge is -2.13. The van der Waals surface area contributed by atoms with Gasteiger partial charge < -0.3 is 14.5 Å². The van der Waals surface area contributed by atoms with Gasteiger partial charge in [-0.15, -0.1) is 0 Å². The van der Waals surface area contributed by atoms with Crippen molar-refractivity contribution in [3.05, 3.63) is 71.2 Å². The summed E-state index contributed by atoms with van der Waals surface area (Å²) in [5.41, 5.74) is 5.96. The van der Waals surface area contributed by atoms with Crippen LogP contribution in [0.15, 0.2) is 42.7 Å². The first-order valence-corrected chi connectivity index (χ1v) is 11.5. The fourth-order valence-corrected chi connectivity index (χ4v) is 4.09. The Balaban J connectivity index is 1.60. The summed E-state index contributed by atoms with van der Waals surface area (Å²) in [5, 5.41) is 7.54. The second kappa shape index (κ2) is 10.2. The van der Waals surface area contributed by atoms with Crippen LogP contribution in [-0.4, -0.2) is 45.1 Å². The summed E-state index contributed by atoms with van der Waals surface area (Å²) in [4.78, 5) is 16.8. The van der Waals surface area contributed by atoms with Crippen molar-refractivity contribution in [1.82, 2.24) is 24.5 Å². The lowest BCUT2D eigenvalue weighted by Crippen LogP contribution is -2.11. The van der Waals surface area contributed by atoms with E-state index in [1.54, 1.807) is 10.7 Å². The van der Waals surface area contributed by atoms with Gasteiger partial charge in [0.15, 0.2) is 5.78 Å². The van der Waals surface area contributed by atoms with Crippen LogP contribution in [0.3, 0.4) is 0 Å². The molecule has 0 saturated carbocycles. The fraction of sp³-hybridized carbons (Fsp3) is 0.346. The molecule has 0 radical (unpaired) electrons. The summed E-state index contributed by atoms with van der Waals surface area (Å²) in [6.45, 7) is 4.91. The van der Waals surface area contributed by atoms with Crippen LogP contribution in [0.4, 0.5) is 4.39 Å². The molecule has 0 atom stereocenters. The van der Waals surface area contributed by atoms with Crippen molar-refractivity contribution in [2.24, 2.45) is 7.05 Å². The highest BCUT2D eigenvalue weighted by Crippen LogP contribution is 2.31. The summed E-state index contributed by atoms with van der Waals surface area (Å²) in [6, 6.07) is 8.49. The first-order chi connectivity index (χ1) is 16.4. The van der Waals surface area contributed by atoms with E-state index in [1.807, 2.05) is 52.5 Å². The van der Waals surface area contributed by atoms with E-state index in [4.69, 9.17) is 4.74 Å². The average molecular weight is 464 g/mol. The van der Waals surface area contributed by atoms with Gasteiger partial charge in [-0.1, -0.05) is 6.92 Å². The normalized spacial score (nSPS) is 11.3. The topological polar surface area (TPSA) is 73.5 Å². The molecule has 8 heteroatoms. The maximum absolute atomic E-state index is 14.1. The predicted octanol–water partition coefficient (Wildman–Crippen LogP) is 4.16. The number of ether oxygens (including phenoxy) is 1. The molecule has 1 aromatic carbocycles. The second-order valence-electron chi connectivity index (χ2n) is 8.30. The van der Waals surface area contributed by atoms with Crippen molar-refractivity contribution in [2.45, 2.75) is 33.1 Å². The molecule has 34 heavy (non-hydrogen) atoms. The van der Waals surface area contributed by atoms with E-state index >= 15 is 0 Å². The van der Waals surface area contributed by atoms with Gasteiger partial charge in [-0.25, -0.2) is 9.37 Å². The van der Waals surface area contributed by atoms with Crippen molar-refractivity contribution in [3.63, 3.8) is 0 Å². The highest BCUT2D eigenvalue weighted by Gasteiger charge is 2.18. The van der Waals surface area contributed by atoms with E-state index in [9.17, 15) is 9.18 Å². The average Bonchev–Trinajstić information content (AvgIpc) is 3.37. The molecule has 0 unspecified atom stereocenters. The number of pyridine rings is 1. The van der Waals surface area contributed by atoms with Gasteiger partial charge >= 0.3 is 0 Å². The van der Waals surface area contributed by atoms with Crippen LogP contribution in [0.25, 0.3) is 16.8 Å². The minimum atomic E-state index is -0.364. The Labute approximate surface area is 198 Å². The highest BCUT2D eigenvalue weighted by atomic mass is 19.1. The molecule has 0 saturated heterocycles. The zero-order valence-corrected chi connectivity index (χ0v) is 20.1. The molecule has 1 N–H and O–H groups in total. The Kier molecular flexibility index (Phi) is 7.07. The Bertz CT molecular complexity index is 1320. The van der Waals surface area contributed by atoms with Gasteiger partial charge in [0.1, 0.15) is 22.9 Å². The van der Waals surface area contributed by atoms with E-state index in [2.05, 4.69) is 19.8 Å². The molecule has 178 valence electrons. The molecule has 7 nitrogen and oxygen atoms in total. The summed E-state index contributed by atoms with van der Waals surface area (Å²) in [5.74, 6) is 0.102. The standard InChI is InChI=1S/C26H30FN5O2/c1-5-23(33)26-21(17(2)31(4)30-26)11-13-34-24-14-19(27)7-8-22(24)18-6-9-25-29-15-20(10-12-28-3)32(25)16-18/h6-9,14-16,28H,5,10-13H2,1-4H3. The summed E-state index contributed by atoms with van der Waals surface area (Å²) in [6.07, 6.45) is 5.63. The highest BCUT2D eigenvalue weighted by molar-refractivity contribution is 5.95. The predicted molar refractivity (Wildman–Crippen MR) is 130 cm³/mol. The van der Waals surface area contributed by atoms with Crippen molar-refractivity contribution in [1.29, 1.82) is 0 Å². The number of nitrogens with one attached hydrogen (secondary N) is 1. The zero-order valence-electron chi connectivity index (χ0n) is 20.1. The van der Waals surface area contributed by atoms with Gasteiger partial charge in [0.25, 0.3) is 0 Å². The molecule has 3 aromatic heterocycles. The number of benzene rings is 1. The van der Waals surface area contributed by atoms with Gasteiger partial charge in [0, 0.05) is 79.4 Å². The van der Waals surface area contributed by atoms with Crippen LogP contribution >= 0.6 is 0 Å². The Morgan fingerprint density at radius 2 is 2.03 bits per heavy atom. The Hall–Kier alpha value is -3.52. The van der Waals surface area contributed by atoms with Crippen LogP contribution in [0.5, 0.6) is 5.75 Å². The van der Waals surface area contributed by atoms with Crippen LogP contribution in [-0.2, 0) is 19.9 Å². The van der Waals surface area contributed by atoms with Crippen molar-refractivity contribution in [3.8, 4) is 16.9 Å². The third-order valence-corrected chi connectivity index (χ3v) is 6.12. The lowest BCUT2D eigenvalue weighted by atomic mass is 10.1. The van der Waals surface area contributed by atoms with E-state index in [1.165, 1.54) is 12.1 Å².